The Hall–Kier alpha value is -1.26. The molecule has 0 N–H and O–H groups in total. The smallest absolute Gasteiger partial charge is 0.123 e. The first-order valence-electron chi connectivity index (χ1n) is 6.99. The highest BCUT2D eigenvalue weighted by Crippen LogP contribution is 2.27. The lowest BCUT2D eigenvalue weighted by Crippen LogP contribution is -2.56. The SMILES string of the molecule is COc1cc(N2CCN3COCC[C@H]3C2)ccc1C. The number of hydrogen-bond acceptors (Lipinski definition) is 4. The molecule has 2 fully saturated rings. The zero-order valence-electron chi connectivity index (χ0n) is 11.8. The van der Waals surface area contributed by atoms with Crippen molar-refractivity contribution in [3.8, 4) is 5.75 Å². The summed E-state index contributed by atoms with van der Waals surface area (Å²) in [6.45, 7) is 7.02. The van der Waals surface area contributed by atoms with Crippen LogP contribution in [0.1, 0.15) is 12.0 Å². The largest absolute Gasteiger partial charge is 0.496 e. The van der Waals surface area contributed by atoms with Crippen molar-refractivity contribution in [3.05, 3.63) is 23.8 Å². The summed E-state index contributed by atoms with van der Waals surface area (Å²) < 4.78 is 10.9. The third-order valence-electron chi connectivity index (χ3n) is 4.21. The Morgan fingerprint density at radius 3 is 3.05 bits per heavy atom. The van der Waals surface area contributed by atoms with Gasteiger partial charge in [0.1, 0.15) is 5.75 Å². The molecule has 0 spiro atoms. The van der Waals surface area contributed by atoms with Gasteiger partial charge < -0.3 is 14.4 Å². The van der Waals surface area contributed by atoms with Gasteiger partial charge in [0.25, 0.3) is 0 Å². The molecule has 0 unspecified atom stereocenters. The molecule has 2 saturated heterocycles. The number of benzene rings is 1. The number of ether oxygens (including phenoxy) is 2. The van der Waals surface area contributed by atoms with Crippen LogP contribution in [0.25, 0.3) is 0 Å². The normalized spacial score (nSPS) is 24.1. The zero-order valence-corrected chi connectivity index (χ0v) is 11.8. The van der Waals surface area contributed by atoms with Crippen LogP contribution in [-0.2, 0) is 4.74 Å². The lowest BCUT2D eigenvalue weighted by atomic mass is 10.1. The van der Waals surface area contributed by atoms with Crippen molar-refractivity contribution in [3.63, 3.8) is 0 Å². The predicted molar refractivity (Wildman–Crippen MR) is 75.9 cm³/mol. The van der Waals surface area contributed by atoms with Gasteiger partial charge in [0, 0.05) is 44.0 Å². The summed E-state index contributed by atoms with van der Waals surface area (Å²) in [6.07, 6.45) is 1.14. The van der Waals surface area contributed by atoms with Gasteiger partial charge in [0.15, 0.2) is 0 Å². The molecule has 0 saturated carbocycles. The lowest BCUT2D eigenvalue weighted by molar-refractivity contribution is -0.0511. The van der Waals surface area contributed by atoms with Gasteiger partial charge in [-0.25, -0.2) is 0 Å². The molecule has 2 aliphatic rings. The topological polar surface area (TPSA) is 24.9 Å². The molecule has 104 valence electrons. The summed E-state index contributed by atoms with van der Waals surface area (Å²) in [5.74, 6) is 0.979. The van der Waals surface area contributed by atoms with Crippen molar-refractivity contribution in [2.75, 3.05) is 45.0 Å². The van der Waals surface area contributed by atoms with Crippen LogP contribution in [-0.4, -0.2) is 51.0 Å². The van der Waals surface area contributed by atoms with Gasteiger partial charge in [-0.05, 0) is 25.0 Å². The first-order chi connectivity index (χ1) is 9.28. The second-order valence-electron chi connectivity index (χ2n) is 5.39. The quantitative estimate of drug-likeness (QED) is 0.812. The Labute approximate surface area is 114 Å². The minimum absolute atomic E-state index is 0.634. The van der Waals surface area contributed by atoms with Gasteiger partial charge in [0.2, 0.25) is 0 Å². The molecule has 0 aliphatic carbocycles. The van der Waals surface area contributed by atoms with E-state index in [2.05, 4.69) is 34.9 Å². The number of piperazine rings is 1. The monoisotopic (exact) mass is 262 g/mol. The number of anilines is 1. The summed E-state index contributed by atoms with van der Waals surface area (Å²) in [5.41, 5.74) is 2.46. The van der Waals surface area contributed by atoms with E-state index in [4.69, 9.17) is 9.47 Å². The second-order valence-corrected chi connectivity index (χ2v) is 5.39. The molecule has 3 rings (SSSR count). The number of methoxy groups -OCH3 is 1. The van der Waals surface area contributed by atoms with E-state index in [-0.39, 0.29) is 0 Å². The Morgan fingerprint density at radius 1 is 1.32 bits per heavy atom. The summed E-state index contributed by atoms with van der Waals surface area (Å²) in [7, 11) is 1.74. The van der Waals surface area contributed by atoms with Crippen LogP contribution in [0.5, 0.6) is 5.75 Å². The summed E-state index contributed by atoms with van der Waals surface area (Å²) in [6, 6.07) is 7.14. The van der Waals surface area contributed by atoms with Gasteiger partial charge in [-0.2, -0.15) is 0 Å². The Balaban J connectivity index is 1.75. The van der Waals surface area contributed by atoms with E-state index in [1.54, 1.807) is 7.11 Å². The van der Waals surface area contributed by atoms with Gasteiger partial charge in [-0.15, -0.1) is 0 Å². The maximum atomic E-state index is 5.52. The zero-order chi connectivity index (χ0) is 13.2. The average molecular weight is 262 g/mol. The Morgan fingerprint density at radius 2 is 2.21 bits per heavy atom. The standard InChI is InChI=1S/C15H22N2O2/c1-12-3-4-13(9-15(12)18-2)16-6-7-17-11-19-8-5-14(17)10-16/h3-4,9,14H,5-8,10-11H2,1-2H3/t14-/m0/s1. The molecular weight excluding hydrogens is 240 g/mol. The highest BCUT2D eigenvalue weighted by molar-refractivity contribution is 5.54. The van der Waals surface area contributed by atoms with Crippen LogP contribution in [0.4, 0.5) is 5.69 Å². The maximum absolute atomic E-state index is 5.52. The van der Waals surface area contributed by atoms with Gasteiger partial charge >= 0.3 is 0 Å². The maximum Gasteiger partial charge on any atom is 0.123 e. The molecular formula is C15H22N2O2. The van der Waals surface area contributed by atoms with Crippen molar-refractivity contribution in [2.45, 2.75) is 19.4 Å². The van der Waals surface area contributed by atoms with E-state index in [9.17, 15) is 0 Å². The molecule has 1 aromatic carbocycles. The molecule has 0 radical (unpaired) electrons. The van der Waals surface area contributed by atoms with E-state index in [0.29, 0.717) is 6.04 Å². The van der Waals surface area contributed by atoms with E-state index in [1.807, 2.05) is 0 Å². The molecule has 0 aromatic heterocycles. The van der Waals surface area contributed by atoms with Crippen molar-refractivity contribution in [1.82, 2.24) is 4.90 Å². The fourth-order valence-corrected chi connectivity index (χ4v) is 2.98. The highest BCUT2D eigenvalue weighted by Gasteiger charge is 2.29. The van der Waals surface area contributed by atoms with Crippen molar-refractivity contribution < 1.29 is 9.47 Å². The second kappa shape index (κ2) is 5.39. The van der Waals surface area contributed by atoms with Crippen LogP contribution in [0.2, 0.25) is 0 Å². The van der Waals surface area contributed by atoms with Gasteiger partial charge in [-0.3, -0.25) is 4.90 Å². The molecule has 1 aromatic rings. The highest BCUT2D eigenvalue weighted by atomic mass is 16.5. The van der Waals surface area contributed by atoms with Crippen LogP contribution in [0, 0.1) is 6.92 Å². The Kier molecular flexibility index (Phi) is 3.62. The number of hydrogen-bond donors (Lipinski definition) is 0. The molecule has 2 aliphatic heterocycles. The Bertz CT molecular complexity index is 450. The number of aryl methyl sites for hydroxylation is 1. The van der Waals surface area contributed by atoms with E-state index in [0.717, 1.165) is 45.1 Å². The van der Waals surface area contributed by atoms with Crippen LogP contribution >= 0.6 is 0 Å². The molecule has 2 heterocycles. The lowest BCUT2D eigenvalue weighted by Gasteiger charge is -2.44. The number of rotatable bonds is 2. The van der Waals surface area contributed by atoms with Crippen LogP contribution in [0.15, 0.2) is 18.2 Å². The average Bonchev–Trinajstić information content (AvgIpc) is 2.47. The van der Waals surface area contributed by atoms with Crippen molar-refractivity contribution >= 4 is 5.69 Å². The van der Waals surface area contributed by atoms with Crippen molar-refractivity contribution in [2.24, 2.45) is 0 Å². The van der Waals surface area contributed by atoms with E-state index < -0.39 is 0 Å². The van der Waals surface area contributed by atoms with E-state index in [1.165, 1.54) is 11.3 Å². The van der Waals surface area contributed by atoms with Crippen LogP contribution in [0.3, 0.4) is 0 Å². The third kappa shape index (κ3) is 2.55. The molecule has 0 bridgehead atoms. The number of nitrogens with zero attached hydrogens (tertiary/aromatic N) is 2. The fraction of sp³-hybridized carbons (Fsp3) is 0.600. The molecule has 1 atom stereocenters. The fourth-order valence-electron chi connectivity index (χ4n) is 2.98. The molecule has 0 amide bonds. The van der Waals surface area contributed by atoms with Gasteiger partial charge in [0.05, 0.1) is 13.8 Å². The first-order valence-corrected chi connectivity index (χ1v) is 6.99. The molecule has 19 heavy (non-hydrogen) atoms. The first kappa shape index (κ1) is 12.8. The molecule has 4 heteroatoms. The van der Waals surface area contributed by atoms with E-state index >= 15 is 0 Å². The van der Waals surface area contributed by atoms with Gasteiger partial charge in [-0.1, -0.05) is 6.07 Å². The minimum Gasteiger partial charge on any atom is -0.496 e. The summed E-state index contributed by atoms with van der Waals surface area (Å²) >= 11 is 0. The third-order valence-corrected chi connectivity index (χ3v) is 4.21. The molecule has 4 nitrogen and oxygen atoms in total. The van der Waals surface area contributed by atoms with Crippen LogP contribution < -0.4 is 9.64 Å². The summed E-state index contributed by atoms with van der Waals surface area (Å²) in [5, 5.41) is 0. The number of fused-ring (bicyclic) bond motifs is 1. The summed E-state index contributed by atoms with van der Waals surface area (Å²) in [4.78, 5) is 4.92. The minimum atomic E-state index is 0.634. The van der Waals surface area contributed by atoms with Crippen molar-refractivity contribution in [1.29, 1.82) is 0 Å². The predicted octanol–water partition coefficient (Wildman–Crippen LogP) is 1.87.